The highest BCUT2D eigenvalue weighted by Crippen LogP contribution is 2.34. The molecule has 20 heavy (non-hydrogen) atoms. The smallest absolute Gasteiger partial charge is 0.371 e. The van der Waals surface area contributed by atoms with Gasteiger partial charge in [-0.05, 0) is 34.7 Å². The van der Waals surface area contributed by atoms with E-state index in [9.17, 15) is 13.2 Å². The Morgan fingerprint density at radius 1 is 1.55 bits per heavy atom. The molecule has 1 aromatic rings. The van der Waals surface area contributed by atoms with Crippen LogP contribution in [0, 0.1) is 5.92 Å². The summed E-state index contributed by atoms with van der Waals surface area (Å²) in [6, 6.07) is 0.993. The highest BCUT2D eigenvalue weighted by Gasteiger charge is 2.39. The van der Waals surface area contributed by atoms with E-state index in [1.165, 1.54) is 4.31 Å². The van der Waals surface area contributed by atoms with E-state index < -0.39 is 21.8 Å². The van der Waals surface area contributed by atoms with Crippen LogP contribution in [-0.2, 0) is 10.0 Å². The number of halogens is 1. The summed E-state index contributed by atoms with van der Waals surface area (Å²) >= 11 is 2.99. The number of carboxylic acid groups (broad SMARTS) is 1. The number of nitrogens with zero attached hydrogens (tertiary/aromatic N) is 1. The molecule has 1 saturated heterocycles. The van der Waals surface area contributed by atoms with Crippen molar-refractivity contribution in [3.63, 3.8) is 0 Å². The quantitative estimate of drug-likeness (QED) is 0.885. The van der Waals surface area contributed by atoms with Crippen LogP contribution in [0.4, 0.5) is 0 Å². The van der Waals surface area contributed by atoms with Crippen LogP contribution in [0.3, 0.4) is 0 Å². The van der Waals surface area contributed by atoms with Crippen LogP contribution in [0.25, 0.3) is 0 Å². The van der Waals surface area contributed by atoms with Gasteiger partial charge in [0.1, 0.15) is 4.90 Å². The van der Waals surface area contributed by atoms with Crippen molar-refractivity contribution < 1.29 is 22.7 Å². The molecule has 6 nitrogen and oxygen atoms in total. The first-order valence-electron chi connectivity index (χ1n) is 6.29. The summed E-state index contributed by atoms with van der Waals surface area (Å²) < 4.78 is 31.6. The number of rotatable bonds is 4. The molecule has 1 aliphatic rings. The summed E-state index contributed by atoms with van der Waals surface area (Å²) in [5.41, 5.74) is 0. The molecule has 1 N–H and O–H groups in total. The van der Waals surface area contributed by atoms with Crippen LogP contribution in [0.2, 0.25) is 0 Å². The number of sulfonamides is 1. The number of hydrogen-bond acceptors (Lipinski definition) is 4. The molecule has 0 aromatic carbocycles. The molecule has 0 spiro atoms. The first-order chi connectivity index (χ1) is 9.25. The van der Waals surface area contributed by atoms with Crippen LogP contribution >= 0.6 is 15.9 Å². The third-order valence-corrected chi connectivity index (χ3v) is 6.25. The molecular weight excluding hydrogens is 350 g/mol. The molecule has 1 aliphatic heterocycles. The van der Waals surface area contributed by atoms with Crippen molar-refractivity contribution in [2.45, 2.75) is 37.6 Å². The van der Waals surface area contributed by atoms with Gasteiger partial charge >= 0.3 is 5.97 Å². The van der Waals surface area contributed by atoms with E-state index >= 15 is 0 Å². The molecule has 0 amide bonds. The molecule has 1 unspecified atom stereocenters. The summed E-state index contributed by atoms with van der Waals surface area (Å²) in [6.07, 6.45) is 1.63. The highest BCUT2D eigenvalue weighted by molar-refractivity contribution is 9.10. The van der Waals surface area contributed by atoms with Crippen molar-refractivity contribution in [2.75, 3.05) is 6.54 Å². The van der Waals surface area contributed by atoms with Gasteiger partial charge in [-0.15, -0.1) is 0 Å². The second-order valence-electron chi connectivity index (χ2n) is 5.12. The van der Waals surface area contributed by atoms with Crippen LogP contribution in [0.15, 0.2) is 20.0 Å². The Kier molecular flexibility index (Phi) is 4.27. The van der Waals surface area contributed by atoms with Gasteiger partial charge in [-0.2, -0.15) is 4.31 Å². The van der Waals surface area contributed by atoms with Crippen molar-refractivity contribution in [3.8, 4) is 0 Å². The number of hydrogen-bond donors (Lipinski definition) is 1. The molecular formula is C12H16BrNO5S. The lowest BCUT2D eigenvalue weighted by Gasteiger charge is -2.26. The van der Waals surface area contributed by atoms with Crippen molar-refractivity contribution >= 4 is 31.9 Å². The molecule has 1 aromatic heterocycles. The molecule has 0 radical (unpaired) electrons. The van der Waals surface area contributed by atoms with Crippen molar-refractivity contribution in [3.05, 3.63) is 16.5 Å². The van der Waals surface area contributed by atoms with E-state index in [1.807, 2.05) is 13.8 Å². The fraction of sp³-hybridized carbons (Fsp3) is 0.583. The van der Waals surface area contributed by atoms with Gasteiger partial charge in [0.2, 0.25) is 15.8 Å². The maximum absolute atomic E-state index is 12.6. The third kappa shape index (κ3) is 2.64. The number of furan rings is 1. The van der Waals surface area contributed by atoms with Crippen LogP contribution in [0.1, 0.15) is 37.2 Å². The first-order valence-corrected chi connectivity index (χ1v) is 8.53. The first kappa shape index (κ1) is 15.5. The number of aromatic carboxylic acids is 1. The summed E-state index contributed by atoms with van der Waals surface area (Å²) in [5.74, 6) is -1.48. The monoisotopic (exact) mass is 365 g/mol. The lowest BCUT2D eigenvalue weighted by atomic mass is 10.0. The maximum atomic E-state index is 12.6. The molecule has 8 heteroatoms. The van der Waals surface area contributed by atoms with E-state index in [2.05, 4.69) is 15.9 Å². The van der Waals surface area contributed by atoms with Crippen molar-refractivity contribution in [1.29, 1.82) is 0 Å². The highest BCUT2D eigenvalue weighted by atomic mass is 79.9. The Hall–Kier alpha value is -0.860. The molecule has 1 fully saturated rings. The zero-order valence-corrected chi connectivity index (χ0v) is 13.6. The molecule has 2 rings (SSSR count). The average Bonchev–Trinajstić information content (AvgIpc) is 2.94. The van der Waals surface area contributed by atoms with Gasteiger partial charge in [-0.25, -0.2) is 13.2 Å². The maximum Gasteiger partial charge on any atom is 0.371 e. The summed E-state index contributed by atoms with van der Waals surface area (Å²) in [6.45, 7) is 4.41. The standard InChI is InChI=1S/C12H16BrNO5S/c1-7(2)8-4-3-5-14(8)20(17,18)10-6-9(12(15)16)19-11(10)13/h6-8H,3-5H2,1-2H3,(H,15,16). The predicted octanol–water partition coefficient (Wildman–Crippen LogP) is 2.55. The van der Waals surface area contributed by atoms with Crippen molar-refractivity contribution in [1.82, 2.24) is 4.31 Å². The minimum Gasteiger partial charge on any atom is -0.475 e. The zero-order valence-electron chi connectivity index (χ0n) is 11.2. The number of carbonyl (C=O) groups is 1. The Labute approximate surface area is 125 Å². The van der Waals surface area contributed by atoms with Crippen LogP contribution in [-0.4, -0.2) is 36.4 Å². The molecule has 0 aliphatic carbocycles. The van der Waals surface area contributed by atoms with Gasteiger partial charge in [0, 0.05) is 18.7 Å². The minimum absolute atomic E-state index is 0.0601. The molecule has 1 atom stereocenters. The Morgan fingerprint density at radius 2 is 2.20 bits per heavy atom. The topological polar surface area (TPSA) is 87.8 Å². The second-order valence-corrected chi connectivity index (χ2v) is 7.70. The fourth-order valence-electron chi connectivity index (χ4n) is 2.49. The van der Waals surface area contributed by atoms with E-state index in [0.29, 0.717) is 6.54 Å². The van der Waals surface area contributed by atoms with Gasteiger partial charge in [0.25, 0.3) is 0 Å². The zero-order chi connectivity index (χ0) is 15.1. The Bertz CT molecular complexity index is 622. The molecule has 112 valence electrons. The van der Waals surface area contributed by atoms with Gasteiger partial charge in [0.15, 0.2) is 4.67 Å². The van der Waals surface area contributed by atoms with Gasteiger partial charge in [-0.3, -0.25) is 0 Å². The van der Waals surface area contributed by atoms with Crippen LogP contribution in [0.5, 0.6) is 0 Å². The second kappa shape index (κ2) is 5.50. The summed E-state index contributed by atoms with van der Waals surface area (Å²) in [7, 11) is -3.75. The predicted molar refractivity (Wildman–Crippen MR) is 75.1 cm³/mol. The van der Waals surface area contributed by atoms with E-state index in [0.717, 1.165) is 18.9 Å². The average molecular weight is 366 g/mol. The molecule has 2 heterocycles. The van der Waals surface area contributed by atoms with Crippen molar-refractivity contribution in [2.24, 2.45) is 5.92 Å². The largest absolute Gasteiger partial charge is 0.475 e. The summed E-state index contributed by atoms with van der Waals surface area (Å²) in [4.78, 5) is 10.7. The Balaban J connectivity index is 2.42. The van der Waals surface area contributed by atoms with Crippen LogP contribution < -0.4 is 0 Å². The number of carboxylic acids is 1. The fourth-order valence-corrected chi connectivity index (χ4v) is 5.22. The minimum atomic E-state index is -3.75. The van der Waals surface area contributed by atoms with E-state index in [4.69, 9.17) is 9.52 Å². The molecule has 0 bridgehead atoms. The van der Waals surface area contributed by atoms with E-state index in [1.54, 1.807) is 0 Å². The normalized spacial score (nSPS) is 20.7. The van der Waals surface area contributed by atoms with Gasteiger partial charge in [-0.1, -0.05) is 13.8 Å². The van der Waals surface area contributed by atoms with Gasteiger partial charge < -0.3 is 9.52 Å². The SMILES string of the molecule is CC(C)C1CCCN1S(=O)(=O)c1cc(C(=O)O)oc1Br. The summed E-state index contributed by atoms with van der Waals surface area (Å²) in [5, 5.41) is 8.87. The van der Waals surface area contributed by atoms with Gasteiger partial charge in [0.05, 0.1) is 0 Å². The van der Waals surface area contributed by atoms with E-state index in [-0.39, 0.29) is 21.5 Å². The molecule has 0 saturated carbocycles. The lowest BCUT2D eigenvalue weighted by Crippen LogP contribution is -2.38. The lowest BCUT2D eigenvalue weighted by molar-refractivity contribution is 0.0661. The Morgan fingerprint density at radius 3 is 2.70 bits per heavy atom. The third-order valence-electron chi connectivity index (χ3n) is 3.47.